The topological polar surface area (TPSA) is 108 Å². The molecule has 0 aliphatic rings. The van der Waals surface area contributed by atoms with Crippen molar-refractivity contribution >= 4 is 10.0 Å². The van der Waals surface area contributed by atoms with Gasteiger partial charge in [0.15, 0.2) is 6.61 Å². The summed E-state index contributed by atoms with van der Waals surface area (Å²) < 4.78 is 33.0. The highest BCUT2D eigenvalue weighted by atomic mass is 32.2. The number of benzene rings is 1. The first-order valence-corrected chi connectivity index (χ1v) is 6.96. The Balaban J connectivity index is 2.14. The summed E-state index contributed by atoms with van der Waals surface area (Å²) in [6.45, 7) is 3.53. The molecule has 19 heavy (non-hydrogen) atoms. The number of sulfonamides is 1. The van der Waals surface area contributed by atoms with E-state index in [1.165, 1.54) is 18.2 Å². The van der Waals surface area contributed by atoms with Crippen molar-refractivity contribution < 1.29 is 17.6 Å². The van der Waals surface area contributed by atoms with Crippen LogP contribution in [-0.2, 0) is 16.6 Å². The quantitative estimate of drug-likeness (QED) is 0.893. The van der Waals surface area contributed by atoms with E-state index in [1.54, 1.807) is 13.8 Å². The van der Waals surface area contributed by atoms with Crippen LogP contribution < -0.4 is 9.88 Å². The van der Waals surface area contributed by atoms with Crippen LogP contribution in [0.25, 0.3) is 0 Å². The molecule has 0 aliphatic heterocycles. The van der Waals surface area contributed by atoms with E-state index in [-0.39, 0.29) is 11.5 Å². The van der Waals surface area contributed by atoms with Gasteiger partial charge in [-0.05, 0) is 30.7 Å². The van der Waals surface area contributed by atoms with Gasteiger partial charge < -0.3 is 9.15 Å². The van der Waals surface area contributed by atoms with E-state index in [4.69, 9.17) is 14.3 Å². The Hall–Kier alpha value is -1.93. The average molecular weight is 283 g/mol. The van der Waals surface area contributed by atoms with Crippen molar-refractivity contribution in [2.45, 2.75) is 25.3 Å². The summed E-state index contributed by atoms with van der Waals surface area (Å²) in [5, 5.41) is 12.5. The number of aryl methyl sites for hydroxylation is 2. The Morgan fingerprint density at radius 2 is 2.05 bits per heavy atom. The molecule has 1 aromatic heterocycles. The first-order valence-electron chi connectivity index (χ1n) is 5.41. The molecule has 102 valence electrons. The zero-order valence-electron chi connectivity index (χ0n) is 10.5. The maximum atomic E-state index is 11.2. The van der Waals surface area contributed by atoms with Crippen LogP contribution in [0.5, 0.6) is 5.75 Å². The lowest BCUT2D eigenvalue weighted by atomic mass is 10.2. The number of rotatable bonds is 4. The maximum absolute atomic E-state index is 11.2. The molecule has 0 saturated carbocycles. The number of ether oxygens (including phenoxy) is 1. The summed E-state index contributed by atoms with van der Waals surface area (Å²) >= 11 is 0. The molecular formula is C11H13N3O4S. The van der Waals surface area contributed by atoms with Crippen molar-refractivity contribution in [2.75, 3.05) is 0 Å². The standard InChI is InChI=1S/C11H13N3O4S/c1-7-5-9(19(12,15)16)3-4-10(7)17-6-11-14-13-8(2)18-11/h3-5H,6H2,1-2H3,(H2,12,15,16). The van der Waals surface area contributed by atoms with Crippen LogP contribution in [0.15, 0.2) is 27.5 Å². The van der Waals surface area contributed by atoms with Crippen LogP contribution in [0.2, 0.25) is 0 Å². The zero-order chi connectivity index (χ0) is 14.0. The summed E-state index contributed by atoms with van der Waals surface area (Å²) in [5.41, 5.74) is 0.655. The Morgan fingerprint density at radius 3 is 2.58 bits per heavy atom. The Labute approximate surface area is 110 Å². The molecule has 0 spiro atoms. The highest BCUT2D eigenvalue weighted by Crippen LogP contribution is 2.22. The lowest BCUT2D eigenvalue weighted by molar-refractivity contribution is 0.259. The molecule has 0 unspecified atom stereocenters. The highest BCUT2D eigenvalue weighted by Gasteiger charge is 2.11. The van der Waals surface area contributed by atoms with Gasteiger partial charge in [-0.1, -0.05) is 0 Å². The second-order valence-electron chi connectivity index (χ2n) is 3.98. The number of primary sulfonamides is 1. The fraction of sp³-hybridized carbons (Fsp3) is 0.273. The fourth-order valence-electron chi connectivity index (χ4n) is 1.50. The van der Waals surface area contributed by atoms with E-state index >= 15 is 0 Å². The Morgan fingerprint density at radius 1 is 1.32 bits per heavy atom. The van der Waals surface area contributed by atoms with Crippen molar-refractivity contribution in [3.63, 3.8) is 0 Å². The summed E-state index contributed by atoms with van der Waals surface area (Å²) in [6.07, 6.45) is 0. The third kappa shape index (κ3) is 3.30. The predicted octanol–water partition coefficient (Wildman–Crippen LogP) is 0.913. The van der Waals surface area contributed by atoms with E-state index in [1.807, 2.05) is 0 Å². The number of aromatic nitrogens is 2. The Bertz CT molecular complexity index is 694. The van der Waals surface area contributed by atoms with Gasteiger partial charge in [-0.2, -0.15) is 0 Å². The van der Waals surface area contributed by atoms with Crippen molar-refractivity contribution in [3.8, 4) is 5.75 Å². The lowest BCUT2D eigenvalue weighted by Gasteiger charge is -2.08. The van der Waals surface area contributed by atoms with E-state index < -0.39 is 10.0 Å². The van der Waals surface area contributed by atoms with Gasteiger partial charge >= 0.3 is 0 Å². The van der Waals surface area contributed by atoms with Gasteiger partial charge in [-0.25, -0.2) is 13.6 Å². The fourth-order valence-corrected chi connectivity index (χ4v) is 2.09. The molecule has 0 bridgehead atoms. The largest absolute Gasteiger partial charge is 0.484 e. The number of nitrogens with two attached hydrogens (primary N) is 1. The zero-order valence-corrected chi connectivity index (χ0v) is 11.3. The third-order valence-corrected chi connectivity index (χ3v) is 3.30. The van der Waals surface area contributed by atoms with E-state index in [0.29, 0.717) is 23.1 Å². The highest BCUT2D eigenvalue weighted by molar-refractivity contribution is 7.89. The van der Waals surface area contributed by atoms with E-state index in [2.05, 4.69) is 10.2 Å². The van der Waals surface area contributed by atoms with Crippen LogP contribution in [-0.4, -0.2) is 18.6 Å². The van der Waals surface area contributed by atoms with E-state index in [0.717, 1.165) is 0 Å². The molecule has 1 heterocycles. The van der Waals surface area contributed by atoms with Crippen molar-refractivity contribution in [3.05, 3.63) is 35.5 Å². The number of nitrogens with zero attached hydrogens (tertiary/aromatic N) is 2. The van der Waals surface area contributed by atoms with Gasteiger partial charge in [0.2, 0.25) is 15.9 Å². The number of hydrogen-bond donors (Lipinski definition) is 1. The molecule has 0 saturated heterocycles. The SMILES string of the molecule is Cc1nnc(COc2ccc(S(N)(=O)=O)cc2C)o1. The molecule has 2 N–H and O–H groups in total. The summed E-state index contributed by atoms with van der Waals surface area (Å²) in [5.74, 6) is 1.34. The molecule has 0 aliphatic carbocycles. The monoisotopic (exact) mass is 283 g/mol. The van der Waals surface area contributed by atoms with Gasteiger partial charge in [-0.3, -0.25) is 0 Å². The van der Waals surface area contributed by atoms with Gasteiger partial charge in [0.05, 0.1) is 4.90 Å². The second-order valence-corrected chi connectivity index (χ2v) is 5.54. The molecule has 8 heteroatoms. The lowest BCUT2D eigenvalue weighted by Crippen LogP contribution is -2.12. The molecule has 7 nitrogen and oxygen atoms in total. The minimum absolute atomic E-state index is 0.0472. The second kappa shape index (κ2) is 4.98. The number of hydrogen-bond acceptors (Lipinski definition) is 6. The molecule has 0 amide bonds. The van der Waals surface area contributed by atoms with Crippen molar-refractivity contribution in [2.24, 2.45) is 5.14 Å². The van der Waals surface area contributed by atoms with Crippen molar-refractivity contribution in [1.82, 2.24) is 10.2 Å². The van der Waals surface area contributed by atoms with Crippen LogP contribution in [0.4, 0.5) is 0 Å². The molecule has 0 radical (unpaired) electrons. The minimum atomic E-state index is -3.70. The summed E-state index contributed by atoms with van der Waals surface area (Å²) in [6, 6.07) is 4.37. The van der Waals surface area contributed by atoms with Gasteiger partial charge in [0, 0.05) is 6.92 Å². The molecule has 1 aromatic carbocycles. The van der Waals surface area contributed by atoms with E-state index in [9.17, 15) is 8.42 Å². The van der Waals surface area contributed by atoms with Crippen LogP contribution in [0.1, 0.15) is 17.3 Å². The molecule has 0 fully saturated rings. The first-order chi connectivity index (χ1) is 8.86. The molecule has 2 rings (SSSR count). The maximum Gasteiger partial charge on any atom is 0.253 e. The first kappa shape index (κ1) is 13.5. The Kier molecular flexibility index (Phi) is 3.54. The predicted molar refractivity (Wildman–Crippen MR) is 65.9 cm³/mol. The molecule has 0 atom stereocenters. The molecular weight excluding hydrogens is 270 g/mol. The minimum Gasteiger partial charge on any atom is -0.484 e. The van der Waals surface area contributed by atoms with Crippen LogP contribution in [0.3, 0.4) is 0 Å². The third-order valence-electron chi connectivity index (χ3n) is 2.39. The average Bonchev–Trinajstić information content (AvgIpc) is 2.72. The van der Waals surface area contributed by atoms with Gasteiger partial charge in [0.1, 0.15) is 5.75 Å². The molecule has 2 aromatic rings. The van der Waals surface area contributed by atoms with Crippen LogP contribution >= 0.6 is 0 Å². The van der Waals surface area contributed by atoms with Gasteiger partial charge in [-0.15, -0.1) is 10.2 Å². The van der Waals surface area contributed by atoms with Crippen molar-refractivity contribution in [1.29, 1.82) is 0 Å². The smallest absolute Gasteiger partial charge is 0.253 e. The van der Waals surface area contributed by atoms with Gasteiger partial charge in [0.25, 0.3) is 5.89 Å². The van der Waals surface area contributed by atoms with Crippen LogP contribution in [0, 0.1) is 13.8 Å². The summed E-state index contributed by atoms with van der Waals surface area (Å²) in [4.78, 5) is 0.0472. The summed E-state index contributed by atoms with van der Waals surface area (Å²) in [7, 11) is -3.70. The normalized spacial score (nSPS) is 11.5.